The number of methoxy groups -OCH3 is 2. The molecule has 0 heterocycles. The maximum Gasteiger partial charge on any atom is 0.269 e. The van der Waals surface area contributed by atoms with Gasteiger partial charge in [0.05, 0.1) is 14.2 Å². The zero-order chi connectivity index (χ0) is 11.5. The maximum atomic E-state index is 10.7. The molecule has 0 aliphatic carbocycles. The van der Waals surface area contributed by atoms with Crippen LogP contribution in [0.15, 0.2) is 18.2 Å². The Labute approximate surface area is 88.4 Å². The highest BCUT2D eigenvalue weighted by Gasteiger charge is 2.09. The standard InChI is InChI=1S/C9H12O5S/c1-13-8-3-7(6-15(10,11)12)4-9(5-8)14-2/h3-5H,6H2,1-2H3,(H,10,11,12). The molecule has 1 rings (SSSR count). The molecule has 1 aromatic rings. The predicted molar refractivity (Wildman–Crippen MR) is 54.8 cm³/mol. The van der Waals surface area contributed by atoms with Gasteiger partial charge < -0.3 is 9.47 Å². The molecule has 0 saturated heterocycles. The van der Waals surface area contributed by atoms with Gasteiger partial charge in [0, 0.05) is 6.07 Å². The summed E-state index contributed by atoms with van der Waals surface area (Å²) in [5.74, 6) is 0.501. The number of hydrogen-bond acceptors (Lipinski definition) is 4. The van der Waals surface area contributed by atoms with Crippen LogP contribution >= 0.6 is 0 Å². The van der Waals surface area contributed by atoms with E-state index in [0.717, 1.165) is 0 Å². The van der Waals surface area contributed by atoms with Crippen molar-refractivity contribution < 1.29 is 22.4 Å². The smallest absolute Gasteiger partial charge is 0.269 e. The van der Waals surface area contributed by atoms with Crippen molar-refractivity contribution in [1.29, 1.82) is 0 Å². The molecule has 0 aliphatic heterocycles. The van der Waals surface area contributed by atoms with Crippen LogP contribution in [0.5, 0.6) is 11.5 Å². The van der Waals surface area contributed by atoms with Crippen molar-refractivity contribution in [2.75, 3.05) is 14.2 Å². The van der Waals surface area contributed by atoms with Crippen molar-refractivity contribution in [3.8, 4) is 11.5 Å². The molecule has 0 saturated carbocycles. The Hall–Kier alpha value is -1.27. The second kappa shape index (κ2) is 4.50. The number of ether oxygens (including phenoxy) is 2. The van der Waals surface area contributed by atoms with E-state index in [4.69, 9.17) is 14.0 Å². The first-order valence-corrected chi connectivity index (χ1v) is 5.72. The largest absolute Gasteiger partial charge is 0.497 e. The zero-order valence-electron chi connectivity index (χ0n) is 8.43. The summed E-state index contributed by atoms with van der Waals surface area (Å²) in [4.78, 5) is 0. The summed E-state index contributed by atoms with van der Waals surface area (Å²) in [5.41, 5.74) is 0.411. The van der Waals surface area contributed by atoms with E-state index in [1.807, 2.05) is 0 Å². The molecule has 0 atom stereocenters. The summed E-state index contributed by atoms with van der Waals surface area (Å²) in [7, 11) is -1.11. The number of rotatable bonds is 4. The molecule has 0 aliphatic rings. The number of hydrogen-bond donors (Lipinski definition) is 1. The summed E-state index contributed by atoms with van der Waals surface area (Å²) in [6, 6.07) is 4.67. The molecule has 0 aromatic heterocycles. The minimum atomic E-state index is -4.04. The topological polar surface area (TPSA) is 72.8 Å². The van der Waals surface area contributed by atoms with Crippen LogP contribution in [0.3, 0.4) is 0 Å². The molecule has 1 aromatic carbocycles. The van der Waals surface area contributed by atoms with Crippen molar-refractivity contribution in [3.05, 3.63) is 23.8 Å². The van der Waals surface area contributed by atoms with E-state index in [1.54, 1.807) is 6.07 Å². The third-order valence-electron chi connectivity index (χ3n) is 1.76. The van der Waals surface area contributed by atoms with E-state index >= 15 is 0 Å². The normalized spacial score (nSPS) is 11.1. The second-order valence-electron chi connectivity index (χ2n) is 2.95. The van der Waals surface area contributed by atoms with Crippen molar-refractivity contribution in [2.45, 2.75) is 5.75 Å². The Kier molecular flexibility index (Phi) is 3.54. The fourth-order valence-corrected chi connectivity index (χ4v) is 1.75. The van der Waals surface area contributed by atoms with Gasteiger partial charge >= 0.3 is 0 Å². The Balaban J connectivity index is 3.07. The highest BCUT2D eigenvalue weighted by molar-refractivity contribution is 7.85. The molecule has 1 N–H and O–H groups in total. The minimum Gasteiger partial charge on any atom is -0.497 e. The van der Waals surface area contributed by atoms with Crippen molar-refractivity contribution in [2.24, 2.45) is 0 Å². The molecule has 5 nitrogen and oxygen atoms in total. The van der Waals surface area contributed by atoms with Gasteiger partial charge in [-0.3, -0.25) is 4.55 Å². The first-order valence-electron chi connectivity index (χ1n) is 4.11. The first-order chi connectivity index (χ1) is 6.94. The third kappa shape index (κ3) is 3.77. The van der Waals surface area contributed by atoms with E-state index in [0.29, 0.717) is 17.1 Å². The van der Waals surface area contributed by atoms with Crippen LogP contribution in [0.25, 0.3) is 0 Å². The van der Waals surface area contributed by atoms with Crippen LogP contribution in [-0.2, 0) is 15.9 Å². The van der Waals surface area contributed by atoms with E-state index in [-0.39, 0.29) is 0 Å². The monoisotopic (exact) mass is 232 g/mol. The van der Waals surface area contributed by atoms with Crippen LogP contribution in [0.4, 0.5) is 0 Å². The Morgan fingerprint density at radius 3 is 1.93 bits per heavy atom. The second-order valence-corrected chi connectivity index (χ2v) is 4.40. The highest BCUT2D eigenvalue weighted by Crippen LogP contribution is 2.23. The molecule has 0 bridgehead atoms. The van der Waals surface area contributed by atoms with E-state index < -0.39 is 15.9 Å². The molecular weight excluding hydrogens is 220 g/mol. The molecular formula is C9H12O5S. The van der Waals surface area contributed by atoms with Crippen molar-refractivity contribution >= 4 is 10.1 Å². The first kappa shape index (κ1) is 11.8. The highest BCUT2D eigenvalue weighted by atomic mass is 32.2. The van der Waals surface area contributed by atoms with Crippen LogP contribution in [0, 0.1) is 0 Å². The predicted octanol–water partition coefficient (Wildman–Crippen LogP) is 1.09. The molecule has 0 amide bonds. The summed E-state index contributed by atoms with van der Waals surface area (Å²) in [6.45, 7) is 0. The minimum absolute atomic E-state index is 0.411. The fourth-order valence-electron chi connectivity index (χ4n) is 1.16. The number of benzene rings is 1. The van der Waals surface area contributed by atoms with Gasteiger partial charge in [-0.15, -0.1) is 0 Å². The molecule has 0 unspecified atom stereocenters. The van der Waals surface area contributed by atoms with E-state index in [2.05, 4.69) is 0 Å². The van der Waals surface area contributed by atoms with E-state index in [9.17, 15) is 8.42 Å². The van der Waals surface area contributed by atoms with Crippen molar-refractivity contribution in [1.82, 2.24) is 0 Å². The van der Waals surface area contributed by atoms with Gasteiger partial charge in [-0.1, -0.05) is 0 Å². The summed E-state index contributed by atoms with van der Waals surface area (Å²) in [5, 5.41) is 0. The summed E-state index contributed by atoms with van der Waals surface area (Å²) >= 11 is 0. The molecule has 0 spiro atoms. The summed E-state index contributed by atoms with van der Waals surface area (Å²) < 4.78 is 39.9. The third-order valence-corrected chi connectivity index (χ3v) is 2.46. The van der Waals surface area contributed by atoms with Crippen LogP contribution in [-0.4, -0.2) is 27.2 Å². The SMILES string of the molecule is COc1cc(CS(=O)(=O)O)cc(OC)c1. The van der Waals surface area contributed by atoms with Gasteiger partial charge in [0.1, 0.15) is 17.3 Å². The summed E-state index contributed by atoms with van der Waals surface area (Å²) in [6.07, 6.45) is 0. The fraction of sp³-hybridized carbons (Fsp3) is 0.333. The van der Waals surface area contributed by atoms with Crippen molar-refractivity contribution in [3.63, 3.8) is 0 Å². The molecule has 84 valence electrons. The van der Waals surface area contributed by atoms with Gasteiger partial charge in [-0.25, -0.2) is 0 Å². The molecule has 0 fully saturated rings. The lowest BCUT2D eigenvalue weighted by Gasteiger charge is -2.07. The maximum absolute atomic E-state index is 10.7. The van der Waals surface area contributed by atoms with Gasteiger partial charge in [0.15, 0.2) is 0 Å². The molecule has 6 heteroatoms. The van der Waals surface area contributed by atoms with Gasteiger partial charge in [-0.05, 0) is 17.7 Å². The van der Waals surface area contributed by atoms with Gasteiger partial charge in [0.2, 0.25) is 0 Å². The Morgan fingerprint density at radius 1 is 1.13 bits per heavy atom. The quantitative estimate of drug-likeness (QED) is 0.787. The lowest BCUT2D eigenvalue weighted by Crippen LogP contribution is -2.02. The zero-order valence-corrected chi connectivity index (χ0v) is 9.24. The molecule has 0 radical (unpaired) electrons. The average Bonchev–Trinajstić information content (AvgIpc) is 2.14. The lowest BCUT2D eigenvalue weighted by molar-refractivity contribution is 0.393. The Bertz CT molecular complexity index is 416. The van der Waals surface area contributed by atoms with Gasteiger partial charge in [-0.2, -0.15) is 8.42 Å². The molecule has 15 heavy (non-hydrogen) atoms. The van der Waals surface area contributed by atoms with Crippen LogP contribution in [0.2, 0.25) is 0 Å². The lowest BCUT2D eigenvalue weighted by atomic mass is 10.2. The van der Waals surface area contributed by atoms with Crippen LogP contribution < -0.4 is 9.47 Å². The van der Waals surface area contributed by atoms with E-state index in [1.165, 1.54) is 26.4 Å². The van der Waals surface area contributed by atoms with Crippen LogP contribution in [0.1, 0.15) is 5.56 Å². The Morgan fingerprint density at radius 2 is 1.60 bits per heavy atom. The average molecular weight is 232 g/mol. The van der Waals surface area contributed by atoms with Gasteiger partial charge in [0.25, 0.3) is 10.1 Å².